The highest BCUT2D eigenvalue weighted by atomic mass is 16.5. The van der Waals surface area contributed by atoms with Crippen molar-refractivity contribution in [2.45, 2.75) is 43.2 Å². The molecule has 5 nitrogen and oxygen atoms in total. The van der Waals surface area contributed by atoms with Gasteiger partial charge in [0.05, 0.1) is 12.0 Å². The fourth-order valence-electron chi connectivity index (χ4n) is 4.04. The van der Waals surface area contributed by atoms with Crippen LogP contribution in [0, 0.1) is 0 Å². The van der Waals surface area contributed by atoms with Crippen molar-refractivity contribution in [3.63, 3.8) is 0 Å². The molecule has 0 N–H and O–H groups in total. The molecule has 5 rings (SSSR count). The van der Waals surface area contributed by atoms with Crippen LogP contribution in [0.15, 0.2) is 34.9 Å². The molecule has 0 spiro atoms. The first kappa shape index (κ1) is 13.7. The van der Waals surface area contributed by atoms with Gasteiger partial charge in [0, 0.05) is 12.6 Å². The van der Waals surface area contributed by atoms with Crippen molar-refractivity contribution in [1.29, 1.82) is 0 Å². The molecule has 0 unspecified atom stereocenters. The first-order valence-corrected chi connectivity index (χ1v) is 8.60. The molecule has 3 fully saturated rings. The summed E-state index contributed by atoms with van der Waals surface area (Å²) in [6.07, 6.45) is 4.64. The van der Waals surface area contributed by atoms with E-state index >= 15 is 0 Å². The van der Waals surface area contributed by atoms with Gasteiger partial charge >= 0.3 is 0 Å². The second kappa shape index (κ2) is 5.14. The number of benzene rings is 1. The number of rotatable bonds is 3. The quantitative estimate of drug-likeness (QED) is 0.872. The first-order valence-electron chi connectivity index (χ1n) is 8.60. The molecule has 120 valence electrons. The molecule has 2 saturated heterocycles. The number of aromatic nitrogens is 2. The average Bonchev–Trinajstić information content (AvgIpc) is 3.05. The molecule has 2 aromatic rings. The number of hydrogen-bond acceptors (Lipinski definition) is 5. The van der Waals surface area contributed by atoms with Crippen molar-refractivity contribution in [3.05, 3.63) is 47.6 Å². The molecule has 1 aromatic carbocycles. The Morgan fingerprint density at radius 2 is 2.04 bits per heavy atom. The maximum atomic E-state index is 6.00. The third-order valence-corrected chi connectivity index (χ3v) is 5.60. The third-order valence-electron chi connectivity index (χ3n) is 5.60. The smallest absolute Gasteiger partial charge is 0.237 e. The molecule has 3 heterocycles. The number of morpholine rings is 1. The van der Waals surface area contributed by atoms with Crippen LogP contribution in [0.25, 0.3) is 0 Å². The van der Waals surface area contributed by atoms with Gasteiger partial charge in [-0.1, -0.05) is 35.5 Å². The molecule has 0 bridgehead atoms. The number of nitrogens with zero attached hydrogens (tertiary/aromatic N) is 3. The van der Waals surface area contributed by atoms with Gasteiger partial charge in [-0.15, -0.1) is 0 Å². The van der Waals surface area contributed by atoms with Crippen molar-refractivity contribution in [2.24, 2.45) is 0 Å². The molecule has 5 heteroatoms. The van der Waals surface area contributed by atoms with Crippen LogP contribution >= 0.6 is 0 Å². The second-order valence-electron chi connectivity index (χ2n) is 7.02. The van der Waals surface area contributed by atoms with E-state index in [1.54, 1.807) is 0 Å². The average molecular weight is 311 g/mol. The van der Waals surface area contributed by atoms with E-state index < -0.39 is 0 Å². The lowest BCUT2D eigenvalue weighted by Crippen LogP contribution is -2.42. The maximum Gasteiger partial charge on any atom is 0.237 e. The van der Waals surface area contributed by atoms with Crippen LogP contribution < -0.4 is 0 Å². The molecule has 0 amide bonds. The highest BCUT2D eigenvalue weighted by Crippen LogP contribution is 2.52. The van der Waals surface area contributed by atoms with Gasteiger partial charge in [-0.05, 0) is 37.8 Å². The van der Waals surface area contributed by atoms with Crippen molar-refractivity contribution in [3.8, 4) is 0 Å². The minimum absolute atomic E-state index is 0.0478. The van der Waals surface area contributed by atoms with Crippen LogP contribution in [0.4, 0.5) is 0 Å². The zero-order chi connectivity index (χ0) is 15.3. The Morgan fingerprint density at radius 1 is 1.17 bits per heavy atom. The summed E-state index contributed by atoms with van der Waals surface area (Å²) < 4.78 is 11.7. The van der Waals surface area contributed by atoms with Crippen molar-refractivity contribution in [1.82, 2.24) is 15.0 Å². The molecule has 23 heavy (non-hydrogen) atoms. The Bertz CT molecular complexity index is 695. The SMILES string of the molecule is c1ccc(C2(c3nc([C@@H]4CN5CCC[C@H]5CO4)no3)CC2)cc1. The summed E-state index contributed by atoms with van der Waals surface area (Å²) in [5.74, 6) is 1.47. The van der Waals surface area contributed by atoms with Crippen molar-refractivity contribution >= 4 is 0 Å². The molecule has 0 radical (unpaired) electrons. The fourth-order valence-corrected chi connectivity index (χ4v) is 4.04. The molecule has 1 aromatic heterocycles. The normalized spacial score (nSPS) is 29.4. The summed E-state index contributed by atoms with van der Waals surface area (Å²) in [4.78, 5) is 7.24. The fraction of sp³-hybridized carbons (Fsp3) is 0.556. The summed E-state index contributed by atoms with van der Waals surface area (Å²) >= 11 is 0. The van der Waals surface area contributed by atoms with E-state index in [-0.39, 0.29) is 11.5 Å². The maximum absolute atomic E-state index is 6.00. The lowest BCUT2D eigenvalue weighted by atomic mass is 9.96. The molecule has 2 aliphatic heterocycles. The van der Waals surface area contributed by atoms with Crippen LogP contribution in [0.5, 0.6) is 0 Å². The van der Waals surface area contributed by atoms with Gasteiger partial charge < -0.3 is 9.26 Å². The Morgan fingerprint density at radius 3 is 2.87 bits per heavy atom. The zero-order valence-electron chi connectivity index (χ0n) is 13.1. The Labute approximate surface area is 135 Å². The van der Waals surface area contributed by atoms with Crippen molar-refractivity contribution in [2.75, 3.05) is 19.7 Å². The monoisotopic (exact) mass is 311 g/mol. The molecule has 2 atom stereocenters. The van der Waals surface area contributed by atoms with Gasteiger partial charge in [-0.2, -0.15) is 4.98 Å². The van der Waals surface area contributed by atoms with Crippen LogP contribution in [0.3, 0.4) is 0 Å². The Kier molecular flexibility index (Phi) is 3.06. The summed E-state index contributed by atoms with van der Waals surface area (Å²) in [7, 11) is 0. The Hall–Kier alpha value is -1.72. The highest BCUT2D eigenvalue weighted by molar-refractivity contribution is 5.38. The number of ether oxygens (including phenoxy) is 1. The summed E-state index contributed by atoms with van der Waals surface area (Å²) in [6.45, 7) is 2.85. The van der Waals surface area contributed by atoms with E-state index in [2.05, 4.69) is 34.3 Å². The topological polar surface area (TPSA) is 51.4 Å². The third kappa shape index (κ3) is 2.22. The van der Waals surface area contributed by atoms with E-state index in [0.717, 1.165) is 31.9 Å². The number of fused-ring (bicyclic) bond motifs is 1. The molecule has 1 aliphatic carbocycles. The van der Waals surface area contributed by atoms with E-state index in [0.29, 0.717) is 11.9 Å². The van der Waals surface area contributed by atoms with Gasteiger partial charge in [0.1, 0.15) is 6.10 Å². The van der Waals surface area contributed by atoms with Crippen LogP contribution in [-0.4, -0.2) is 40.8 Å². The number of hydrogen-bond donors (Lipinski definition) is 0. The lowest BCUT2D eigenvalue weighted by Gasteiger charge is -2.33. The molecule has 3 aliphatic rings. The molecular formula is C18H21N3O2. The van der Waals surface area contributed by atoms with E-state index in [1.165, 1.54) is 24.9 Å². The van der Waals surface area contributed by atoms with E-state index in [9.17, 15) is 0 Å². The standard InChI is InChI=1S/C18H21N3O2/c1-2-5-13(6-3-1)18(8-9-18)17-19-16(20-23-17)15-11-21-10-4-7-14(21)12-22-15/h1-3,5-6,14-15H,4,7-12H2/t14-,15-/m0/s1. The van der Waals surface area contributed by atoms with E-state index in [1.807, 2.05) is 6.07 Å². The van der Waals surface area contributed by atoms with Gasteiger partial charge in [0.2, 0.25) is 11.7 Å². The predicted octanol–water partition coefficient (Wildman–Crippen LogP) is 2.69. The summed E-state index contributed by atoms with van der Waals surface area (Å²) in [5, 5.41) is 4.25. The minimum Gasteiger partial charge on any atom is -0.367 e. The predicted molar refractivity (Wildman–Crippen MR) is 84.0 cm³/mol. The largest absolute Gasteiger partial charge is 0.367 e. The van der Waals surface area contributed by atoms with Crippen LogP contribution in [-0.2, 0) is 10.2 Å². The van der Waals surface area contributed by atoms with Gasteiger partial charge in [0.25, 0.3) is 0 Å². The van der Waals surface area contributed by atoms with E-state index in [4.69, 9.17) is 14.2 Å². The summed E-state index contributed by atoms with van der Waals surface area (Å²) in [5.41, 5.74) is 1.22. The summed E-state index contributed by atoms with van der Waals surface area (Å²) in [6, 6.07) is 11.1. The van der Waals surface area contributed by atoms with Gasteiger partial charge in [-0.3, -0.25) is 4.90 Å². The van der Waals surface area contributed by atoms with Crippen LogP contribution in [0.1, 0.15) is 49.1 Å². The van der Waals surface area contributed by atoms with Gasteiger partial charge in [0.15, 0.2) is 0 Å². The second-order valence-corrected chi connectivity index (χ2v) is 7.02. The zero-order valence-corrected chi connectivity index (χ0v) is 13.1. The van der Waals surface area contributed by atoms with Crippen molar-refractivity contribution < 1.29 is 9.26 Å². The minimum atomic E-state index is -0.0582. The van der Waals surface area contributed by atoms with Gasteiger partial charge in [-0.25, -0.2) is 0 Å². The van der Waals surface area contributed by atoms with Crippen LogP contribution in [0.2, 0.25) is 0 Å². The highest BCUT2D eigenvalue weighted by Gasteiger charge is 2.51. The molecule has 1 saturated carbocycles. The lowest BCUT2D eigenvalue weighted by molar-refractivity contribution is -0.0548. The Balaban J connectivity index is 1.39. The molecular weight excluding hydrogens is 290 g/mol. The first-order chi connectivity index (χ1) is 11.4.